The summed E-state index contributed by atoms with van der Waals surface area (Å²) in [5.74, 6) is 2.36. The normalized spacial score (nSPS) is 25.6. The maximum atomic E-state index is 11.9. The van der Waals surface area contributed by atoms with Crippen LogP contribution in [0, 0.1) is 17.8 Å². The van der Waals surface area contributed by atoms with Crippen molar-refractivity contribution < 1.29 is 4.79 Å². The van der Waals surface area contributed by atoms with Crippen molar-refractivity contribution in [3.8, 4) is 0 Å². The van der Waals surface area contributed by atoms with Crippen molar-refractivity contribution in [1.82, 2.24) is 10.6 Å². The van der Waals surface area contributed by atoms with Crippen LogP contribution in [-0.2, 0) is 4.79 Å². The van der Waals surface area contributed by atoms with Crippen molar-refractivity contribution in [2.45, 2.75) is 71.9 Å². The Morgan fingerprint density at radius 3 is 2.11 bits per heavy atom. The number of likely N-dealkylation sites (N-methyl/N-ethyl adjacent to an activating group) is 1. The molecule has 0 bridgehead atoms. The van der Waals surface area contributed by atoms with Gasteiger partial charge in [-0.2, -0.15) is 0 Å². The van der Waals surface area contributed by atoms with Crippen LogP contribution in [0.15, 0.2) is 0 Å². The third-order valence-electron chi connectivity index (χ3n) is 4.42. The topological polar surface area (TPSA) is 41.1 Å². The van der Waals surface area contributed by atoms with E-state index in [2.05, 4.69) is 38.3 Å². The Morgan fingerprint density at radius 2 is 1.68 bits per heavy atom. The SMILES string of the molecule is CNC(=O)C(CC(C)C)NC1CCC(C(C)C)CC1. The maximum Gasteiger partial charge on any atom is 0.236 e. The van der Waals surface area contributed by atoms with Gasteiger partial charge in [-0.05, 0) is 49.9 Å². The Bertz CT molecular complexity index is 268. The monoisotopic (exact) mass is 268 g/mol. The van der Waals surface area contributed by atoms with Gasteiger partial charge in [0.1, 0.15) is 0 Å². The quantitative estimate of drug-likeness (QED) is 0.777. The summed E-state index contributed by atoms with van der Waals surface area (Å²) in [6.45, 7) is 9.00. The highest BCUT2D eigenvalue weighted by Crippen LogP contribution is 2.30. The minimum absolute atomic E-state index is 0.0226. The molecule has 0 aromatic carbocycles. The fourth-order valence-corrected chi connectivity index (χ4v) is 3.13. The Labute approximate surface area is 118 Å². The zero-order valence-electron chi connectivity index (χ0n) is 13.3. The molecule has 0 saturated heterocycles. The first-order valence-electron chi connectivity index (χ1n) is 7.91. The summed E-state index contributed by atoms with van der Waals surface area (Å²) in [6, 6.07) is 0.502. The Balaban J connectivity index is 2.45. The van der Waals surface area contributed by atoms with E-state index >= 15 is 0 Å². The fraction of sp³-hybridized carbons (Fsp3) is 0.938. The molecule has 3 nitrogen and oxygen atoms in total. The molecule has 0 radical (unpaired) electrons. The van der Waals surface area contributed by atoms with Crippen molar-refractivity contribution >= 4 is 5.91 Å². The second kappa shape index (κ2) is 7.88. The standard InChI is InChI=1S/C16H32N2O/c1-11(2)10-15(16(19)17-5)18-14-8-6-13(7-9-14)12(3)4/h11-15,18H,6-10H2,1-5H3,(H,17,19). The Hall–Kier alpha value is -0.570. The van der Waals surface area contributed by atoms with Crippen molar-refractivity contribution in [1.29, 1.82) is 0 Å². The van der Waals surface area contributed by atoms with E-state index in [-0.39, 0.29) is 11.9 Å². The molecule has 1 fully saturated rings. The third kappa shape index (κ3) is 5.52. The second-order valence-corrected chi connectivity index (χ2v) is 6.82. The molecule has 1 unspecified atom stereocenters. The molecule has 2 N–H and O–H groups in total. The largest absolute Gasteiger partial charge is 0.358 e. The summed E-state index contributed by atoms with van der Waals surface area (Å²) in [5.41, 5.74) is 0. The third-order valence-corrected chi connectivity index (χ3v) is 4.42. The van der Waals surface area contributed by atoms with Gasteiger partial charge in [0.2, 0.25) is 5.91 Å². The Kier molecular flexibility index (Phi) is 6.84. The molecule has 1 saturated carbocycles. The van der Waals surface area contributed by atoms with Gasteiger partial charge in [-0.15, -0.1) is 0 Å². The highest BCUT2D eigenvalue weighted by Gasteiger charge is 2.27. The molecule has 0 spiro atoms. The molecule has 0 aromatic heterocycles. The number of hydrogen-bond acceptors (Lipinski definition) is 2. The van der Waals surface area contributed by atoms with Gasteiger partial charge in [0, 0.05) is 13.1 Å². The molecule has 1 amide bonds. The van der Waals surface area contributed by atoms with Gasteiger partial charge >= 0.3 is 0 Å². The van der Waals surface area contributed by atoms with Crippen LogP contribution in [-0.4, -0.2) is 25.0 Å². The highest BCUT2D eigenvalue weighted by molar-refractivity contribution is 5.81. The zero-order chi connectivity index (χ0) is 14.4. The van der Waals surface area contributed by atoms with E-state index < -0.39 is 0 Å². The summed E-state index contributed by atoms with van der Waals surface area (Å²) >= 11 is 0. The van der Waals surface area contributed by atoms with Gasteiger partial charge in [-0.25, -0.2) is 0 Å². The summed E-state index contributed by atoms with van der Waals surface area (Å²) in [7, 11) is 1.73. The average molecular weight is 268 g/mol. The number of nitrogens with one attached hydrogen (secondary N) is 2. The summed E-state index contributed by atoms with van der Waals surface area (Å²) < 4.78 is 0. The summed E-state index contributed by atoms with van der Waals surface area (Å²) in [4.78, 5) is 11.9. The van der Waals surface area contributed by atoms with Gasteiger partial charge in [-0.1, -0.05) is 27.7 Å². The maximum absolute atomic E-state index is 11.9. The van der Waals surface area contributed by atoms with E-state index in [1.54, 1.807) is 7.05 Å². The van der Waals surface area contributed by atoms with E-state index in [4.69, 9.17) is 0 Å². The van der Waals surface area contributed by atoms with Crippen LogP contribution in [0.5, 0.6) is 0 Å². The minimum Gasteiger partial charge on any atom is -0.358 e. The molecule has 112 valence electrons. The van der Waals surface area contributed by atoms with Crippen LogP contribution in [0.2, 0.25) is 0 Å². The van der Waals surface area contributed by atoms with Gasteiger partial charge in [-0.3, -0.25) is 4.79 Å². The lowest BCUT2D eigenvalue weighted by Gasteiger charge is -2.33. The smallest absolute Gasteiger partial charge is 0.236 e. The van der Waals surface area contributed by atoms with Gasteiger partial charge < -0.3 is 10.6 Å². The number of amides is 1. The molecule has 0 heterocycles. The molecule has 0 aliphatic heterocycles. The van der Waals surface area contributed by atoms with Gasteiger partial charge in [0.05, 0.1) is 6.04 Å². The molecule has 1 aliphatic rings. The van der Waals surface area contributed by atoms with Crippen LogP contribution in [0.25, 0.3) is 0 Å². The first-order chi connectivity index (χ1) is 8.93. The number of hydrogen-bond donors (Lipinski definition) is 2. The van der Waals surface area contributed by atoms with E-state index in [1.165, 1.54) is 25.7 Å². The second-order valence-electron chi connectivity index (χ2n) is 6.82. The van der Waals surface area contributed by atoms with Crippen LogP contribution < -0.4 is 10.6 Å². The zero-order valence-corrected chi connectivity index (χ0v) is 13.3. The molecule has 1 atom stereocenters. The van der Waals surface area contributed by atoms with Crippen molar-refractivity contribution in [3.63, 3.8) is 0 Å². The molecule has 1 rings (SSSR count). The summed E-state index contributed by atoms with van der Waals surface area (Å²) in [6.07, 6.45) is 5.96. The van der Waals surface area contributed by atoms with Crippen molar-refractivity contribution in [2.75, 3.05) is 7.05 Å². The fourth-order valence-electron chi connectivity index (χ4n) is 3.13. The average Bonchev–Trinajstić information content (AvgIpc) is 2.37. The van der Waals surface area contributed by atoms with E-state index in [0.29, 0.717) is 12.0 Å². The van der Waals surface area contributed by atoms with Gasteiger partial charge in [0.25, 0.3) is 0 Å². The number of rotatable bonds is 6. The minimum atomic E-state index is -0.0226. The molecule has 1 aliphatic carbocycles. The van der Waals surface area contributed by atoms with Crippen molar-refractivity contribution in [3.05, 3.63) is 0 Å². The first kappa shape index (κ1) is 16.5. The lowest BCUT2D eigenvalue weighted by atomic mass is 9.79. The lowest BCUT2D eigenvalue weighted by Crippen LogP contribution is -2.49. The van der Waals surface area contributed by atoms with Crippen LogP contribution >= 0.6 is 0 Å². The van der Waals surface area contributed by atoms with E-state index in [1.807, 2.05) is 0 Å². The van der Waals surface area contributed by atoms with E-state index in [0.717, 1.165) is 18.3 Å². The first-order valence-corrected chi connectivity index (χ1v) is 7.91. The predicted octanol–water partition coefficient (Wildman–Crippen LogP) is 2.95. The Morgan fingerprint density at radius 1 is 1.11 bits per heavy atom. The summed E-state index contributed by atoms with van der Waals surface area (Å²) in [5, 5.41) is 6.37. The molecular weight excluding hydrogens is 236 g/mol. The van der Waals surface area contributed by atoms with E-state index in [9.17, 15) is 4.79 Å². The lowest BCUT2D eigenvalue weighted by molar-refractivity contribution is -0.123. The van der Waals surface area contributed by atoms with Crippen LogP contribution in [0.4, 0.5) is 0 Å². The molecule has 19 heavy (non-hydrogen) atoms. The molecule has 0 aromatic rings. The molecule has 3 heteroatoms. The van der Waals surface area contributed by atoms with Crippen molar-refractivity contribution in [2.24, 2.45) is 17.8 Å². The van der Waals surface area contributed by atoms with Crippen LogP contribution in [0.1, 0.15) is 59.8 Å². The van der Waals surface area contributed by atoms with Crippen LogP contribution in [0.3, 0.4) is 0 Å². The predicted molar refractivity (Wildman–Crippen MR) is 81.0 cm³/mol. The van der Waals surface area contributed by atoms with Gasteiger partial charge in [0.15, 0.2) is 0 Å². The molecular formula is C16H32N2O. The highest BCUT2D eigenvalue weighted by atomic mass is 16.2. The number of carbonyl (C=O) groups is 1. The number of carbonyl (C=O) groups excluding carboxylic acids is 1.